The Balaban J connectivity index is 1.90. The van der Waals surface area contributed by atoms with Gasteiger partial charge in [0.1, 0.15) is 0 Å². The van der Waals surface area contributed by atoms with Crippen molar-refractivity contribution in [1.82, 2.24) is 0 Å². The minimum Gasteiger partial charge on any atom is -0.293 e. The smallest absolute Gasteiger partial charge is 0.173 e. The van der Waals surface area contributed by atoms with E-state index in [2.05, 4.69) is 0 Å². The van der Waals surface area contributed by atoms with Crippen molar-refractivity contribution in [2.45, 2.75) is 6.92 Å². The summed E-state index contributed by atoms with van der Waals surface area (Å²) in [5.74, 6) is -0.957. The van der Waals surface area contributed by atoms with Gasteiger partial charge in [-0.2, -0.15) is 0 Å². The Labute approximate surface area is 129 Å². The normalized spacial score (nSPS) is 12.0. The third-order valence-corrected chi connectivity index (χ3v) is 3.88. The maximum absolute atomic E-state index is 12.6. The van der Waals surface area contributed by atoms with Crippen LogP contribution in [0, 0.1) is 5.92 Å². The molecule has 3 aromatic carbocycles. The number of ketones is 2. The molecule has 1 unspecified atom stereocenters. The molecule has 3 aromatic rings. The first-order valence-corrected chi connectivity index (χ1v) is 7.29. The third-order valence-electron chi connectivity index (χ3n) is 3.88. The summed E-state index contributed by atoms with van der Waals surface area (Å²) < 4.78 is 0. The molecule has 0 fully saturated rings. The van der Waals surface area contributed by atoms with E-state index in [-0.39, 0.29) is 11.6 Å². The van der Waals surface area contributed by atoms with E-state index in [0.717, 1.165) is 10.8 Å². The first-order valence-electron chi connectivity index (χ1n) is 7.29. The van der Waals surface area contributed by atoms with E-state index in [1.807, 2.05) is 42.5 Å². The largest absolute Gasteiger partial charge is 0.293 e. The number of hydrogen-bond acceptors (Lipinski definition) is 2. The molecule has 0 aliphatic carbocycles. The van der Waals surface area contributed by atoms with Gasteiger partial charge in [0.05, 0.1) is 5.92 Å². The minimum atomic E-state index is -0.677. The highest BCUT2D eigenvalue weighted by Crippen LogP contribution is 2.20. The van der Waals surface area contributed by atoms with Crippen molar-refractivity contribution in [1.29, 1.82) is 0 Å². The SMILES string of the molecule is CC(C(=O)c1ccccc1)C(=O)c1ccc2ccccc2c1. The molecular formula is C20H16O2. The molecule has 0 heterocycles. The van der Waals surface area contributed by atoms with Crippen molar-refractivity contribution in [3.8, 4) is 0 Å². The molecule has 2 heteroatoms. The zero-order chi connectivity index (χ0) is 15.5. The van der Waals surface area contributed by atoms with Crippen molar-refractivity contribution in [3.63, 3.8) is 0 Å². The number of benzene rings is 3. The second-order valence-electron chi connectivity index (χ2n) is 5.38. The highest BCUT2D eigenvalue weighted by molar-refractivity contribution is 6.16. The van der Waals surface area contributed by atoms with Gasteiger partial charge in [0.2, 0.25) is 0 Å². The van der Waals surface area contributed by atoms with Gasteiger partial charge in [-0.05, 0) is 23.8 Å². The van der Waals surface area contributed by atoms with Crippen molar-refractivity contribution in [2.24, 2.45) is 5.92 Å². The zero-order valence-corrected chi connectivity index (χ0v) is 12.3. The lowest BCUT2D eigenvalue weighted by molar-refractivity contribution is 0.0821. The Kier molecular flexibility index (Phi) is 3.84. The van der Waals surface area contributed by atoms with Crippen LogP contribution in [0.1, 0.15) is 27.6 Å². The maximum atomic E-state index is 12.6. The van der Waals surface area contributed by atoms with Gasteiger partial charge in [0.25, 0.3) is 0 Å². The van der Waals surface area contributed by atoms with Crippen LogP contribution in [0.25, 0.3) is 10.8 Å². The maximum Gasteiger partial charge on any atom is 0.173 e. The molecule has 0 saturated carbocycles. The number of fused-ring (bicyclic) bond motifs is 1. The Bertz CT molecular complexity index is 834. The summed E-state index contributed by atoms with van der Waals surface area (Å²) in [4.78, 5) is 25.0. The average Bonchev–Trinajstić information content (AvgIpc) is 2.60. The van der Waals surface area contributed by atoms with Crippen molar-refractivity contribution in [3.05, 3.63) is 83.9 Å². The van der Waals surface area contributed by atoms with E-state index in [1.165, 1.54) is 0 Å². The standard InChI is InChI=1S/C20H16O2/c1-14(19(21)16-8-3-2-4-9-16)20(22)18-12-11-15-7-5-6-10-17(15)13-18/h2-14H,1H3. The van der Waals surface area contributed by atoms with Gasteiger partial charge in [0, 0.05) is 11.1 Å². The van der Waals surface area contributed by atoms with E-state index in [0.29, 0.717) is 11.1 Å². The highest BCUT2D eigenvalue weighted by Gasteiger charge is 2.23. The Morgan fingerprint density at radius 2 is 1.27 bits per heavy atom. The summed E-state index contributed by atoms with van der Waals surface area (Å²) in [5, 5.41) is 2.09. The Morgan fingerprint density at radius 3 is 2.00 bits per heavy atom. The van der Waals surface area contributed by atoms with Gasteiger partial charge < -0.3 is 0 Å². The van der Waals surface area contributed by atoms with Gasteiger partial charge >= 0.3 is 0 Å². The minimum absolute atomic E-state index is 0.139. The molecule has 2 nitrogen and oxygen atoms in total. The fourth-order valence-corrected chi connectivity index (χ4v) is 2.56. The summed E-state index contributed by atoms with van der Waals surface area (Å²) in [6.45, 7) is 1.67. The number of hydrogen-bond donors (Lipinski definition) is 0. The Hall–Kier alpha value is -2.74. The molecule has 108 valence electrons. The zero-order valence-electron chi connectivity index (χ0n) is 12.3. The topological polar surface area (TPSA) is 34.1 Å². The third kappa shape index (κ3) is 2.68. The van der Waals surface area contributed by atoms with Gasteiger partial charge in [-0.1, -0.05) is 66.7 Å². The van der Waals surface area contributed by atoms with Gasteiger partial charge in [-0.25, -0.2) is 0 Å². The lowest BCUT2D eigenvalue weighted by Crippen LogP contribution is -2.21. The first kappa shape index (κ1) is 14.2. The van der Waals surface area contributed by atoms with E-state index in [1.54, 1.807) is 37.3 Å². The molecule has 0 saturated heterocycles. The number of carbonyl (C=O) groups excluding carboxylic acids is 2. The average molecular weight is 288 g/mol. The van der Waals surface area contributed by atoms with Crippen molar-refractivity contribution < 1.29 is 9.59 Å². The van der Waals surface area contributed by atoms with Crippen LogP contribution in [0.4, 0.5) is 0 Å². The van der Waals surface area contributed by atoms with Gasteiger partial charge in [-0.15, -0.1) is 0 Å². The first-order chi connectivity index (χ1) is 10.7. The molecule has 0 aliphatic rings. The number of Topliss-reactive ketones (excluding diaryl/α,β-unsaturated/α-hetero) is 2. The van der Waals surface area contributed by atoms with Crippen LogP contribution in [0.15, 0.2) is 72.8 Å². The predicted octanol–water partition coefficient (Wildman–Crippen LogP) is 4.54. The predicted molar refractivity (Wildman–Crippen MR) is 88.2 cm³/mol. The number of carbonyl (C=O) groups is 2. The summed E-state index contributed by atoms with van der Waals surface area (Å²) in [5.41, 5.74) is 1.15. The molecule has 0 amide bonds. The monoisotopic (exact) mass is 288 g/mol. The summed E-state index contributed by atoms with van der Waals surface area (Å²) in [6.07, 6.45) is 0. The van der Waals surface area contributed by atoms with Crippen molar-refractivity contribution in [2.75, 3.05) is 0 Å². The van der Waals surface area contributed by atoms with Crippen LogP contribution in [0.3, 0.4) is 0 Å². The van der Waals surface area contributed by atoms with Crippen LogP contribution in [-0.2, 0) is 0 Å². The second kappa shape index (κ2) is 5.94. The molecule has 22 heavy (non-hydrogen) atoms. The van der Waals surface area contributed by atoms with Crippen LogP contribution in [0.2, 0.25) is 0 Å². The molecule has 0 aliphatic heterocycles. The van der Waals surface area contributed by atoms with Crippen LogP contribution < -0.4 is 0 Å². The van der Waals surface area contributed by atoms with E-state index < -0.39 is 5.92 Å². The molecular weight excluding hydrogens is 272 g/mol. The lowest BCUT2D eigenvalue weighted by Gasteiger charge is -2.10. The molecule has 0 spiro atoms. The van der Waals surface area contributed by atoms with E-state index in [9.17, 15) is 9.59 Å². The molecule has 1 atom stereocenters. The highest BCUT2D eigenvalue weighted by atomic mass is 16.1. The van der Waals surface area contributed by atoms with E-state index in [4.69, 9.17) is 0 Å². The molecule has 0 aromatic heterocycles. The van der Waals surface area contributed by atoms with Crippen molar-refractivity contribution >= 4 is 22.3 Å². The van der Waals surface area contributed by atoms with Crippen LogP contribution in [0.5, 0.6) is 0 Å². The fraction of sp³-hybridized carbons (Fsp3) is 0.100. The molecule has 0 radical (unpaired) electrons. The molecule has 0 N–H and O–H groups in total. The second-order valence-corrected chi connectivity index (χ2v) is 5.38. The molecule has 0 bridgehead atoms. The lowest BCUT2D eigenvalue weighted by atomic mass is 9.91. The van der Waals surface area contributed by atoms with Gasteiger partial charge in [0.15, 0.2) is 11.6 Å². The number of rotatable bonds is 4. The van der Waals surface area contributed by atoms with Crippen LogP contribution >= 0.6 is 0 Å². The summed E-state index contributed by atoms with van der Waals surface area (Å²) >= 11 is 0. The summed E-state index contributed by atoms with van der Waals surface area (Å²) in [7, 11) is 0. The quantitative estimate of drug-likeness (QED) is 0.521. The molecule has 3 rings (SSSR count). The fourth-order valence-electron chi connectivity index (χ4n) is 2.56. The van der Waals surface area contributed by atoms with Crippen LogP contribution in [-0.4, -0.2) is 11.6 Å². The van der Waals surface area contributed by atoms with Gasteiger partial charge in [-0.3, -0.25) is 9.59 Å². The van der Waals surface area contributed by atoms with E-state index >= 15 is 0 Å². The summed E-state index contributed by atoms with van der Waals surface area (Å²) in [6, 6.07) is 22.4. The Morgan fingerprint density at radius 1 is 0.682 bits per heavy atom.